The SMILES string of the molecule is Cc1ccc(S(=O)(=O)Nc2cccc(C(=O)N[C@@H]3CCCC[C@H]3C)c2)cc1F. The number of carbonyl (C=O) groups excluding carboxylic acids is 1. The molecule has 5 nitrogen and oxygen atoms in total. The smallest absolute Gasteiger partial charge is 0.261 e. The lowest BCUT2D eigenvalue weighted by Gasteiger charge is -2.29. The van der Waals surface area contributed by atoms with E-state index < -0.39 is 15.8 Å². The molecule has 2 N–H and O–H groups in total. The summed E-state index contributed by atoms with van der Waals surface area (Å²) in [5.74, 6) is -0.380. The number of benzene rings is 2. The molecule has 7 heteroatoms. The van der Waals surface area contributed by atoms with Gasteiger partial charge in [0.1, 0.15) is 5.82 Å². The van der Waals surface area contributed by atoms with Crippen molar-refractivity contribution in [2.24, 2.45) is 5.92 Å². The minimum Gasteiger partial charge on any atom is -0.349 e. The monoisotopic (exact) mass is 404 g/mol. The highest BCUT2D eigenvalue weighted by Gasteiger charge is 2.23. The lowest BCUT2D eigenvalue weighted by atomic mass is 9.86. The molecule has 0 radical (unpaired) electrons. The standard InChI is InChI=1S/C21H25FN2O3S/c1-14-10-11-18(13-19(14)22)28(26,27)24-17-8-5-7-16(12-17)21(25)23-20-9-4-3-6-15(20)2/h5,7-8,10-13,15,20,24H,3-4,6,9H2,1-2H3,(H,23,25)/t15-,20-/m1/s1. The molecule has 0 unspecified atom stereocenters. The van der Waals surface area contributed by atoms with Crippen molar-refractivity contribution in [3.63, 3.8) is 0 Å². The van der Waals surface area contributed by atoms with Crippen LogP contribution in [0.15, 0.2) is 47.4 Å². The van der Waals surface area contributed by atoms with Crippen molar-refractivity contribution in [1.29, 1.82) is 0 Å². The van der Waals surface area contributed by atoms with Crippen molar-refractivity contribution >= 4 is 21.6 Å². The fourth-order valence-corrected chi connectivity index (χ4v) is 4.52. The van der Waals surface area contributed by atoms with E-state index in [2.05, 4.69) is 17.0 Å². The molecule has 0 heterocycles. The average molecular weight is 405 g/mol. The van der Waals surface area contributed by atoms with Crippen LogP contribution in [0.3, 0.4) is 0 Å². The Kier molecular flexibility index (Phi) is 6.03. The van der Waals surface area contributed by atoms with Gasteiger partial charge in [0, 0.05) is 17.3 Å². The van der Waals surface area contributed by atoms with E-state index in [0.29, 0.717) is 17.0 Å². The number of halogens is 1. The molecule has 0 spiro atoms. The maximum absolute atomic E-state index is 13.7. The number of anilines is 1. The van der Waals surface area contributed by atoms with Crippen LogP contribution in [0.2, 0.25) is 0 Å². The Morgan fingerprint density at radius 1 is 1.11 bits per heavy atom. The molecule has 0 bridgehead atoms. The quantitative estimate of drug-likeness (QED) is 0.783. The number of rotatable bonds is 5. The second-order valence-corrected chi connectivity index (χ2v) is 9.12. The van der Waals surface area contributed by atoms with E-state index in [0.717, 1.165) is 25.3 Å². The van der Waals surface area contributed by atoms with Crippen LogP contribution in [0.5, 0.6) is 0 Å². The zero-order chi connectivity index (χ0) is 20.3. The number of hydrogen-bond donors (Lipinski definition) is 2. The maximum Gasteiger partial charge on any atom is 0.261 e. The number of nitrogens with one attached hydrogen (secondary N) is 2. The number of hydrogen-bond acceptors (Lipinski definition) is 3. The normalized spacial score (nSPS) is 19.8. The molecule has 0 aliphatic heterocycles. The van der Waals surface area contributed by atoms with E-state index in [9.17, 15) is 17.6 Å². The summed E-state index contributed by atoms with van der Waals surface area (Å²) in [5.41, 5.74) is 1.01. The molecule has 1 aliphatic rings. The summed E-state index contributed by atoms with van der Waals surface area (Å²) in [6.45, 7) is 3.70. The van der Waals surface area contributed by atoms with Gasteiger partial charge in [-0.05, 0) is 61.6 Å². The lowest BCUT2D eigenvalue weighted by Crippen LogP contribution is -2.41. The molecule has 0 saturated heterocycles. The molecule has 1 fully saturated rings. The zero-order valence-corrected chi connectivity index (χ0v) is 16.9. The third kappa shape index (κ3) is 4.70. The van der Waals surface area contributed by atoms with Crippen molar-refractivity contribution in [2.45, 2.75) is 50.5 Å². The number of carbonyl (C=O) groups is 1. The van der Waals surface area contributed by atoms with Crippen molar-refractivity contribution < 1.29 is 17.6 Å². The van der Waals surface area contributed by atoms with Gasteiger partial charge >= 0.3 is 0 Å². The molecule has 2 aromatic rings. The van der Waals surface area contributed by atoms with Crippen LogP contribution >= 0.6 is 0 Å². The van der Waals surface area contributed by atoms with Gasteiger partial charge in [-0.25, -0.2) is 12.8 Å². The van der Waals surface area contributed by atoms with Crippen LogP contribution < -0.4 is 10.0 Å². The van der Waals surface area contributed by atoms with Crippen LogP contribution in [0, 0.1) is 18.7 Å². The van der Waals surface area contributed by atoms with E-state index in [4.69, 9.17) is 0 Å². The molecule has 150 valence electrons. The third-order valence-electron chi connectivity index (χ3n) is 5.26. The fourth-order valence-electron chi connectivity index (χ4n) is 3.46. The van der Waals surface area contributed by atoms with Gasteiger partial charge in [0.25, 0.3) is 15.9 Å². The van der Waals surface area contributed by atoms with Crippen LogP contribution in [-0.4, -0.2) is 20.4 Å². The van der Waals surface area contributed by atoms with Gasteiger partial charge in [-0.1, -0.05) is 31.9 Å². The van der Waals surface area contributed by atoms with E-state index in [1.807, 2.05) is 0 Å². The van der Waals surface area contributed by atoms with Crippen molar-refractivity contribution in [1.82, 2.24) is 5.32 Å². The summed E-state index contributed by atoms with van der Waals surface area (Å²) >= 11 is 0. The van der Waals surface area contributed by atoms with E-state index >= 15 is 0 Å². The summed E-state index contributed by atoms with van der Waals surface area (Å²) < 4.78 is 41.2. The Bertz CT molecular complexity index is 975. The van der Waals surface area contributed by atoms with E-state index in [1.54, 1.807) is 25.1 Å². The topological polar surface area (TPSA) is 75.3 Å². The summed E-state index contributed by atoms with van der Waals surface area (Å²) in [7, 11) is -3.95. The molecule has 2 atom stereocenters. The minimum absolute atomic E-state index is 0.136. The fraction of sp³-hybridized carbons (Fsp3) is 0.381. The summed E-state index contributed by atoms with van der Waals surface area (Å²) in [6, 6.07) is 10.2. The van der Waals surface area contributed by atoms with Gasteiger partial charge in [-0.3, -0.25) is 9.52 Å². The molecule has 1 saturated carbocycles. The van der Waals surface area contributed by atoms with E-state index in [-0.39, 0.29) is 22.5 Å². The molecule has 1 amide bonds. The van der Waals surface area contributed by atoms with Crippen molar-refractivity contribution in [3.8, 4) is 0 Å². The second-order valence-electron chi connectivity index (χ2n) is 7.44. The summed E-state index contributed by atoms with van der Waals surface area (Å²) in [6.07, 6.45) is 4.34. The second kappa shape index (κ2) is 8.31. The van der Waals surface area contributed by atoms with Gasteiger partial charge in [0.15, 0.2) is 0 Å². The first-order chi connectivity index (χ1) is 13.3. The van der Waals surface area contributed by atoms with E-state index in [1.165, 1.54) is 24.6 Å². The van der Waals surface area contributed by atoms with Gasteiger partial charge in [-0.15, -0.1) is 0 Å². The maximum atomic E-state index is 13.7. The molecule has 2 aromatic carbocycles. The molecule has 28 heavy (non-hydrogen) atoms. The van der Waals surface area contributed by atoms with Gasteiger partial charge in [0.2, 0.25) is 0 Å². The number of amides is 1. The van der Waals surface area contributed by atoms with Gasteiger partial charge < -0.3 is 5.32 Å². The molecular weight excluding hydrogens is 379 g/mol. The number of aryl methyl sites for hydroxylation is 1. The van der Waals surface area contributed by atoms with Gasteiger partial charge in [-0.2, -0.15) is 0 Å². The van der Waals surface area contributed by atoms with Crippen LogP contribution in [-0.2, 0) is 10.0 Å². The molecule has 0 aromatic heterocycles. The predicted octanol–water partition coefficient (Wildman–Crippen LogP) is 4.24. The largest absolute Gasteiger partial charge is 0.349 e. The zero-order valence-electron chi connectivity index (χ0n) is 16.0. The Labute approximate surface area is 165 Å². The first kappa shape index (κ1) is 20.3. The predicted molar refractivity (Wildman–Crippen MR) is 107 cm³/mol. The lowest BCUT2D eigenvalue weighted by molar-refractivity contribution is 0.0910. The molecular formula is C21H25FN2O3S. The van der Waals surface area contributed by atoms with Gasteiger partial charge in [0.05, 0.1) is 4.90 Å². The van der Waals surface area contributed by atoms with Crippen LogP contribution in [0.1, 0.15) is 48.5 Å². The Morgan fingerprint density at radius 3 is 2.57 bits per heavy atom. The Morgan fingerprint density at radius 2 is 1.86 bits per heavy atom. The highest BCUT2D eigenvalue weighted by atomic mass is 32.2. The first-order valence-corrected chi connectivity index (χ1v) is 10.9. The summed E-state index contributed by atoms with van der Waals surface area (Å²) in [4.78, 5) is 12.4. The Balaban J connectivity index is 1.75. The molecule has 1 aliphatic carbocycles. The average Bonchev–Trinajstić information content (AvgIpc) is 2.65. The minimum atomic E-state index is -3.95. The Hall–Kier alpha value is -2.41. The van der Waals surface area contributed by atoms with Crippen LogP contribution in [0.25, 0.3) is 0 Å². The number of sulfonamides is 1. The first-order valence-electron chi connectivity index (χ1n) is 9.46. The molecule has 3 rings (SSSR count). The van der Waals surface area contributed by atoms with Crippen molar-refractivity contribution in [3.05, 3.63) is 59.4 Å². The third-order valence-corrected chi connectivity index (χ3v) is 6.64. The highest BCUT2D eigenvalue weighted by Crippen LogP contribution is 2.24. The summed E-state index contributed by atoms with van der Waals surface area (Å²) in [5, 5.41) is 3.05. The van der Waals surface area contributed by atoms with Crippen LogP contribution in [0.4, 0.5) is 10.1 Å². The highest BCUT2D eigenvalue weighted by molar-refractivity contribution is 7.92. The van der Waals surface area contributed by atoms with Crippen molar-refractivity contribution in [2.75, 3.05) is 4.72 Å².